The van der Waals surface area contributed by atoms with Crippen molar-refractivity contribution in [3.8, 4) is 11.4 Å². The molecule has 2 rings (SSSR count). The van der Waals surface area contributed by atoms with E-state index >= 15 is 0 Å². The van der Waals surface area contributed by atoms with E-state index in [0.29, 0.717) is 0 Å². The first-order chi connectivity index (χ1) is 9.05. The summed E-state index contributed by atoms with van der Waals surface area (Å²) in [7, 11) is 1.88. The van der Waals surface area contributed by atoms with Crippen LogP contribution in [0.15, 0.2) is 22.7 Å². The molecule has 0 aliphatic heterocycles. The van der Waals surface area contributed by atoms with E-state index in [1.807, 2.05) is 13.1 Å². The Balaban J connectivity index is 2.58. The van der Waals surface area contributed by atoms with Crippen molar-refractivity contribution in [3.05, 3.63) is 39.5 Å². The van der Waals surface area contributed by atoms with Gasteiger partial charge in [-0.2, -0.15) is 0 Å². The van der Waals surface area contributed by atoms with E-state index in [1.165, 1.54) is 11.1 Å². The first-order valence-electron chi connectivity index (χ1n) is 6.38. The summed E-state index contributed by atoms with van der Waals surface area (Å²) in [6.45, 7) is 6.27. The van der Waals surface area contributed by atoms with Gasteiger partial charge in [0.15, 0.2) is 5.82 Å². The highest BCUT2D eigenvalue weighted by molar-refractivity contribution is 9.10. The number of hydrogen-bond donors (Lipinski definition) is 1. The average molecular weight is 320 g/mol. The molecule has 0 saturated heterocycles. The van der Waals surface area contributed by atoms with Crippen molar-refractivity contribution in [2.45, 2.75) is 27.2 Å². The second-order valence-corrected chi connectivity index (χ2v) is 5.39. The molecule has 0 bridgehead atoms. The highest BCUT2D eigenvalue weighted by Gasteiger charge is 2.09. The second kappa shape index (κ2) is 5.70. The number of benzene rings is 1. The van der Waals surface area contributed by atoms with Gasteiger partial charge in [-0.15, -0.1) is 0 Å². The van der Waals surface area contributed by atoms with Gasteiger partial charge in [-0.3, -0.25) is 0 Å². The fourth-order valence-electron chi connectivity index (χ4n) is 2.01. The highest BCUT2D eigenvalue weighted by atomic mass is 79.9. The molecule has 4 heteroatoms. The predicted octanol–water partition coefficient (Wildman–Crippen LogP) is 4.13. The number of aryl methyl sites for hydroxylation is 3. The van der Waals surface area contributed by atoms with E-state index in [0.717, 1.165) is 33.8 Å². The topological polar surface area (TPSA) is 37.8 Å². The van der Waals surface area contributed by atoms with Crippen molar-refractivity contribution in [3.63, 3.8) is 0 Å². The van der Waals surface area contributed by atoms with Gasteiger partial charge in [-0.05, 0) is 43.5 Å². The Morgan fingerprint density at radius 1 is 1.11 bits per heavy atom. The molecular weight excluding hydrogens is 302 g/mol. The van der Waals surface area contributed by atoms with Crippen LogP contribution in [0.2, 0.25) is 0 Å². The van der Waals surface area contributed by atoms with Gasteiger partial charge in [0, 0.05) is 28.8 Å². The maximum absolute atomic E-state index is 4.62. The number of halogens is 1. The van der Waals surface area contributed by atoms with Gasteiger partial charge in [0.05, 0.1) is 0 Å². The van der Waals surface area contributed by atoms with Crippen molar-refractivity contribution in [2.24, 2.45) is 0 Å². The summed E-state index contributed by atoms with van der Waals surface area (Å²) in [5.74, 6) is 1.64. The van der Waals surface area contributed by atoms with Crippen molar-refractivity contribution in [1.29, 1.82) is 0 Å². The summed E-state index contributed by atoms with van der Waals surface area (Å²) in [5, 5.41) is 3.09. The maximum atomic E-state index is 4.62. The van der Waals surface area contributed by atoms with E-state index < -0.39 is 0 Å². The Morgan fingerprint density at radius 2 is 1.74 bits per heavy atom. The quantitative estimate of drug-likeness (QED) is 0.924. The molecule has 0 saturated carbocycles. The van der Waals surface area contributed by atoms with E-state index in [2.05, 4.69) is 64.1 Å². The molecule has 1 N–H and O–H groups in total. The van der Waals surface area contributed by atoms with E-state index in [9.17, 15) is 0 Å². The fraction of sp³-hybridized carbons (Fsp3) is 0.333. The molecule has 0 unspecified atom stereocenters. The molecule has 0 radical (unpaired) electrons. The molecule has 0 aliphatic carbocycles. The third-order valence-electron chi connectivity index (χ3n) is 3.09. The Bertz CT molecular complexity index is 563. The van der Waals surface area contributed by atoms with Gasteiger partial charge < -0.3 is 5.32 Å². The van der Waals surface area contributed by atoms with Crippen LogP contribution in [-0.2, 0) is 6.42 Å². The molecule has 2 aromatic rings. The first-order valence-corrected chi connectivity index (χ1v) is 7.17. The molecule has 0 atom stereocenters. The van der Waals surface area contributed by atoms with Gasteiger partial charge in [-0.25, -0.2) is 9.97 Å². The summed E-state index contributed by atoms with van der Waals surface area (Å²) in [4.78, 5) is 9.16. The van der Waals surface area contributed by atoms with Crippen LogP contribution in [0.1, 0.15) is 23.7 Å². The third-order valence-corrected chi connectivity index (χ3v) is 4.34. The standard InChI is InChI=1S/C15H18BrN3/c1-5-12-8-13(17-4)19-15(18-12)11-6-9(2)14(16)10(3)7-11/h6-8H,5H2,1-4H3,(H,17,18,19). The van der Waals surface area contributed by atoms with Crippen molar-refractivity contribution in [1.82, 2.24) is 9.97 Å². The molecule has 19 heavy (non-hydrogen) atoms. The smallest absolute Gasteiger partial charge is 0.161 e. The molecular formula is C15H18BrN3. The molecule has 0 amide bonds. The molecule has 1 aromatic heterocycles. The zero-order chi connectivity index (χ0) is 14.0. The summed E-state index contributed by atoms with van der Waals surface area (Å²) in [6.07, 6.45) is 0.901. The van der Waals surface area contributed by atoms with Crippen LogP contribution in [0.25, 0.3) is 11.4 Å². The number of aromatic nitrogens is 2. The van der Waals surface area contributed by atoms with Crippen LogP contribution in [0.3, 0.4) is 0 Å². The van der Waals surface area contributed by atoms with Crippen molar-refractivity contribution in [2.75, 3.05) is 12.4 Å². The number of anilines is 1. The highest BCUT2D eigenvalue weighted by Crippen LogP contribution is 2.27. The molecule has 3 nitrogen and oxygen atoms in total. The Kier molecular flexibility index (Phi) is 4.20. The van der Waals surface area contributed by atoms with Crippen LogP contribution in [-0.4, -0.2) is 17.0 Å². The first kappa shape index (κ1) is 14.0. The minimum atomic E-state index is 0.780. The Morgan fingerprint density at radius 3 is 2.26 bits per heavy atom. The number of hydrogen-bond acceptors (Lipinski definition) is 3. The van der Waals surface area contributed by atoms with Crippen LogP contribution < -0.4 is 5.32 Å². The lowest BCUT2D eigenvalue weighted by atomic mass is 10.1. The SMILES string of the molecule is CCc1cc(NC)nc(-c2cc(C)c(Br)c(C)c2)n1. The average Bonchev–Trinajstić information content (AvgIpc) is 2.43. The lowest BCUT2D eigenvalue weighted by molar-refractivity contribution is 1.00. The normalized spacial score (nSPS) is 10.6. The Hall–Kier alpha value is -1.42. The van der Waals surface area contributed by atoms with Crippen LogP contribution in [0.4, 0.5) is 5.82 Å². The summed E-state index contributed by atoms with van der Waals surface area (Å²) >= 11 is 3.59. The van der Waals surface area contributed by atoms with E-state index in [4.69, 9.17) is 0 Å². The van der Waals surface area contributed by atoms with Gasteiger partial charge >= 0.3 is 0 Å². The van der Waals surface area contributed by atoms with Gasteiger partial charge in [0.1, 0.15) is 5.82 Å². The molecule has 1 aromatic carbocycles. The van der Waals surface area contributed by atoms with Crippen molar-refractivity contribution >= 4 is 21.7 Å². The molecule has 0 aliphatic rings. The number of nitrogens with zero attached hydrogens (tertiary/aromatic N) is 2. The zero-order valence-corrected chi connectivity index (χ0v) is 13.3. The molecule has 0 spiro atoms. The summed E-state index contributed by atoms with van der Waals surface area (Å²) < 4.78 is 1.15. The fourth-order valence-corrected chi connectivity index (χ4v) is 2.24. The molecule has 100 valence electrons. The van der Waals surface area contributed by atoms with Gasteiger partial charge in [0.2, 0.25) is 0 Å². The maximum Gasteiger partial charge on any atom is 0.161 e. The minimum absolute atomic E-state index is 0.780. The monoisotopic (exact) mass is 319 g/mol. The largest absolute Gasteiger partial charge is 0.373 e. The lowest BCUT2D eigenvalue weighted by Crippen LogP contribution is -2.00. The third kappa shape index (κ3) is 2.95. The summed E-state index contributed by atoms with van der Waals surface area (Å²) in [5.41, 5.74) is 4.51. The van der Waals surface area contributed by atoms with Gasteiger partial charge in [0.25, 0.3) is 0 Å². The Labute approximate surface area is 122 Å². The summed E-state index contributed by atoms with van der Waals surface area (Å²) in [6, 6.07) is 6.22. The molecule has 1 heterocycles. The van der Waals surface area contributed by atoms with Gasteiger partial charge in [-0.1, -0.05) is 22.9 Å². The van der Waals surface area contributed by atoms with Crippen LogP contribution in [0, 0.1) is 13.8 Å². The zero-order valence-electron chi connectivity index (χ0n) is 11.7. The second-order valence-electron chi connectivity index (χ2n) is 4.60. The predicted molar refractivity (Wildman–Crippen MR) is 83.6 cm³/mol. The van der Waals surface area contributed by atoms with E-state index in [1.54, 1.807) is 0 Å². The van der Waals surface area contributed by atoms with Crippen LogP contribution in [0.5, 0.6) is 0 Å². The number of rotatable bonds is 3. The van der Waals surface area contributed by atoms with E-state index in [-0.39, 0.29) is 0 Å². The number of nitrogens with one attached hydrogen (secondary N) is 1. The minimum Gasteiger partial charge on any atom is -0.373 e. The van der Waals surface area contributed by atoms with Crippen molar-refractivity contribution < 1.29 is 0 Å². The van der Waals surface area contributed by atoms with Crippen LogP contribution >= 0.6 is 15.9 Å². The lowest BCUT2D eigenvalue weighted by Gasteiger charge is -2.10. The molecule has 0 fully saturated rings.